The van der Waals surface area contributed by atoms with Crippen molar-refractivity contribution in [2.45, 2.75) is 13.5 Å². The lowest BCUT2D eigenvalue weighted by molar-refractivity contribution is 0.0952. The van der Waals surface area contributed by atoms with Crippen LogP contribution in [0.15, 0.2) is 47.1 Å². The van der Waals surface area contributed by atoms with Gasteiger partial charge in [-0.3, -0.25) is 9.10 Å². The Balaban J connectivity index is 1.81. The van der Waals surface area contributed by atoms with E-state index in [0.29, 0.717) is 22.9 Å². The second-order valence-electron chi connectivity index (χ2n) is 5.46. The van der Waals surface area contributed by atoms with E-state index in [4.69, 9.17) is 4.42 Å². The van der Waals surface area contributed by atoms with Gasteiger partial charge in [0.25, 0.3) is 5.91 Å². The average molecular weight is 378 g/mol. The molecule has 0 saturated heterocycles. The molecule has 1 N–H and O–H groups in total. The topological polar surface area (TPSA) is 79.6 Å². The molecule has 0 saturated carbocycles. The molecule has 0 aliphatic rings. The summed E-state index contributed by atoms with van der Waals surface area (Å²) in [5.41, 5.74) is 0.578. The van der Waals surface area contributed by atoms with Crippen LogP contribution in [-0.4, -0.2) is 27.1 Å². The average Bonchev–Trinajstić information content (AvgIpc) is 3.27. The van der Waals surface area contributed by atoms with E-state index in [-0.39, 0.29) is 11.7 Å². The minimum absolute atomic E-state index is 0.0333. The van der Waals surface area contributed by atoms with Crippen molar-refractivity contribution in [1.82, 2.24) is 5.32 Å². The van der Waals surface area contributed by atoms with Crippen molar-refractivity contribution in [3.05, 3.63) is 53.3 Å². The number of rotatable bonds is 6. The standard InChI is InChI=1S/C17H18N2O4S2/c1-3-25(21,22)19(2)13-6-7-15-12(9-13)10-16(24-15)17(20)18-11-14-5-4-8-23-14/h4-10H,3,11H2,1-2H3,(H,18,20). The molecule has 0 bridgehead atoms. The van der Waals surface area contributed by atoms with E-state index in [2.05, 4.69) is 5.32 Å². The molecule has 6 nitrogen and oxygen atoms in total. The van der Waals surface area contributed by atoms with Crippen LogP contribution in [0, 0.1) is 0 Å². The summed E-state index contributed by atoms with van der Waals surface area (Å²) in [4.78, 5) is 12.9. The zero-order valence-electron chi connectivity index (χ0n) is 13.9. The largest absolute Gasteiger partial charge is 0.467 e. The summed E-state index contributed by atoms with van der Waals surface area (Å²) in [6, 6.07) is 10.7. The van der Waals surface area contributed by atoms with E-state index >= 15 is 0 Å². The number of fused-ring (bicyclic) bond motifs is 1. The smallest absolute Gasteiger partial charge is 0.261 e. The van der Waals surface area contributed by atoms with Crippen molar-refractivity contribution in [3.63, 3.8) is 0 Å². The van der Waals surface area contributed by atoms with Crippen LogP contribution in [0.25, 0.3) is 10.1 Å². The maximum absolute atomic E-state index is 12.3. The maximum atomic E-state index is 12.3. The van der Waals surface area contributed by atoms with Gasteiger partial charge in [0.1, 0.15) is 5.76 Å². The molecule has 3 rings (SSSR count). The number of thiophene rings is 1. The molecule has 2 heterocycles. The Bertz CT molecular complexity index is 991. The number of sulfonamides is 1. The number of carbonyl (C=O) groups is 1. The van der Waals surface area contributed by atoms with Crippen molar-refractivity contribution in [2.24, 2.45) is 0 Å². The number of hydrogen-bond donors (Lipinski definition) is 1. The van der Waals surface area contributed by atoms with Crippen LogP contribution in [0.1, 0.15) is 22.4 Å². The Labute approximate surface area is 150 Å². The fourth-order valence-electron chi connectivity index (χ4n) is 2.36. The van der Waals surface area contributed by atoms with Crippen LogP contribution in [0.2, 0.25) is 0 Å². The third-order valence-corrected chi connectivity index (χ3v) is 6.76. The summed E-state index contributed by atoms with van der Waals surface area (Å²) in [5.74, 6) is 0.530. The molecule has 0 aliphatic carbocycles. The molecule has 2 aromatic heterocycles. The van der Waals surface area contributed by atoms with Gasteiger partial charge in [-0.1, -0.05) is 0 Å². The van der Waals surface area contributed by atoms with E-state index in [1.165, 1.54) is 22.7 Å². The quantitative estimate of drug-likeness (QED) is 0.714. The van der Waals surface area contributed by atoms with Crippen LogP contribution >= 0.6 is 11.3 Å². The Kier molecular flexibility index (Phi) is 4.82. The van der Waals surface area contributed by atoms with Crippen LogP contribution in [0.5, 0.6) is 0 Å². The summed E-state index contributed by atoms with van der Waals surface area (Å²) in [5, 5.41) is 3.64. The zero-order valence-corrected chi connectivity index (χ0v) is 15.5. The summed E-state index contributed by atoms with van der Waals surface area (Å²) in [6.45, 7) is 1.93. The van der Waals surface area contributed by atoms with E-state index in [0.717, 1.165) is 10.1 Å². The van der Waals surface area contributed by atoms with Gasteiger partial charge in [-0.25, -0.2) is 8.42 Å². The number of nitrogens with zero attached hydrogens (tertiary/aromatic N) is 1. The minimum atomic E-state index is -3.32. The van der Waals surface area contributed by atoms with Gasteiger partial charge in [-0.2, -0.15) is 0 Å². The molecule has 0 radical (unpaired) electrons. The van der Waals surface area contributed by atoms with Gasteiger partial charge in [0, 0.05) is 11.7 Å². The molecule has 0 fully saturated rings. The lowest BCUT2D eigenvalue weighted by Gasteiger charge is -2.18. The number of amides is 1. The normalized spacial score (nSPS) is 11.6. The number of hydrogen-bond acceptors (Lipinski definition) is 5. The third-order valence-electron chi connectivity index (χ3n) is 3.87. The van der Waals surface area contributed by atoms with Crippen LogP contribution < -0.4 is 9.62 Å². The van der Waals surface area contributed by atoms with Crippen molar-refractivity contribution in [2.75, 3.05) is 17.1 Å². The predicted molar refractivity (Wildman–Crippen MR) is 99.6 cm³/mol. The van der Waals surface area contributed by atoms with Gasteiger partial charge in [0.05, 0.1) is 29.1 Å². The highest BCUT2D eigenvalue weighted by Crippen LogP contribution is 2.30. The summed E-state index contributed by atoms with van der Waals surface area (Å²) < 4.78 is 31.4. The van der Waals surface area contributed by atoms with Crippen molar-refractivity contribution < 1.29 is 17.6 Å². The van der Waals surface area contributed by atoms with Gasteiger partial charge >= 0.3 is 0 Å². The first-order valence-electron chi connectivity index (χ1n) is 7.71. The Hall–Kier alpha value is -2.32. The highest BCUT2D eigenvalue weighted by Gasteiger charge is 2.17. The molecular formula is C17H18N2O4S2. The zero-order chi connectivity index (χ0) is 18.0. The Morgan fingerprint density at radius 2 is 2.08 bits per heavy atom. The van der Waals surface area contributed by atoms with Crippen LogP contribution in [0.4, 0.5) is 5.69 Å². The molecule has 0 aliphatic heterocycles. The fourth-order valence-corrected chi connectivity index (χ4v) is 4.14. The van der Waals surface area contributed by atoms with Crippen molar-refractivity contribution in [1.29, 1.82) is 0 Å². The highest BCUT2D eigenvalue weighted by molar-refractivity contribution is 7.92. The SMILES string of the molecule is CCS(=O)(=O)N(C)c1ccc2sc(C(=O)NCc3ccco3)cc2c1. The summed E-state index contributed by atoms with van der Waals surface area (Å²) in [6.07, 6.45) is 1.56. The van der Waals surface area contributed by atoms with Crippen LogP contribution in [0.3, 0.4) is 0 Å². The van der Waals surface area contributed by atoms with Crippen molar-refractivity contribution >= 4 is 43.0 Å². The van der Waals surface area contributed by atoms with Crippen molar-refractivity contribution in [3.8, 4) is 0 Å². The summed E-state index contributed by atoms with van der Waals surface area (Å²) in [7, 11) is -1.79. The lowest BCUT2D eigenvalue weighted by atomic mass is 10.2. The Morgan fingerprint density at radius 3 is 2.76 bits per heavy atom. The summed E-state index contributed by atoms with van der Waals surface area (Å²) >= 11 is 1.37. The molecule has 25 heavy (non-hydrogen) atoms. The molecular weight excluding hydrogens is 360 g/mol. The predicted octanol–water partition coefficient (Wildman–Crippen LogP) is 3.21. The van der Waals surface area contributed by atoms with Gasteiger partial charge in [-0.15, -0.1) is 11.3 Å². The molecule has 3 aromatic rings. The fraction of sp³-hybridized carbons (Fsp3) is 0.235. The van der Waals surface area contributed by atoms with Crippen LogP contribution in [-0.2, 0) is 16.6 Å². The molecule has 0 spiro atoms. The number of furan rings is 1. The maximum Gasteiger partial charge on any atom is 0.261 e. The molecule has 1 amide bonds. The third kappa shape index (κ3) is 3.69. The number of anilines is 1. The first-order valence-corrected chi connectivity index (χ1v) is 10.1. The first-order chi connectivity index (χ1) is 11.9. The van der Waals surface area contributed by atoms with Gasteiger partial charge in [0.2, 0.25) is 10.0 Å². The highest BCUT2D eigenvalue weighted by atomic mass is 32.2. The molecule has 1 aromatic carbocycles. The monoisotopic (exact) mass is 378 g/mol. The minimum Gasteiger partial charge on any atom is -0.467 e. The van der Waals surface area contributed by atoms with Gasteiger partial charge in [-0.05, 0) is 48.7 Å². The van der Waals surface area contributed by atoms with Gasteiger partial charge in [0.15, 0.2) is 0 Å². The van der Waals surface area contributed by atoms with E-state index < -0.39 is 10.0 Å². The Morgan fingerprint density at radius 1 is 1.28 bits per heavy atom. The lowest BCUT2D eigenvalue weighted by Crippen LogP contribution is -2.27. The van der Waals surface area contributed by atoms with Gasteiger partial charge < -0.3 is 9.73 Å². The molecule has 132 valence electrons. The van der Waals surface area contributed by atoms with E-state index in [1.807, 2.05) is 6.07 Å². The van der Waals surface area contributed by atoms with E-state index in [1.54, 1.807) is 43.5 Å². The second kappa shape index (κ2) is 6.89. The number of carbonyl (C=O) groups excluding carboxylic acids is 1. The number of benzene rings is 1. The van der Waals surface area contributed by atoms with E-state index in [9.17, 15) is 13.2 Å². The molecule has 0 unspecified atom stereocenters. The first kappa shape index (κ1) is 17.5. The number of nitrogens with one attached hydrogen (secondary N) is 1. The second-order valence-corrected chi connectivity index (χ2v) is 8.84. The molecule has 8 heteroatoms. The molecule has 0 atom stereocenters.